The lowest BCUT2D eigenvalue weighted by Crippen LogP contribution is -1.93. The number of aliphatic hydroxyl groups is 1. The molecule has 0 spiro atoms. The fraction of sp³-hybridized carbons (Fsp3) is 0.154. The topological polar surface area (TPSA) is 42.4 Å². The second-order valence-electron chi connectivity index (χ2n) is 3.65. The maximum Gasteiger partial charge on any atom is 0.151 e. The predicted octanol–water partition coefficient (Wildman–Crippen LogP) is 2.81. The Morgan fingerprint density at radius 1 is 1.35 bits per heavy atom. The van der Waals surface area contributed by atoms with E-state index in [1.54, 1.807) is 25.3 Å². The van der Waals surface area contributed by atoms with E-state index < -0.39 is 0 Å². The van der Waals surface area contributed by atoms with Crippen LogP contribution < -0.4 is 4.74 Å². The molecule has 0 fully saturated rings. The molecule has 2 aromatic rings. The Labute approximate surface area is 98.5 Å². The number of hydrogen-bond donors (Lipinski definition) is 1. The van der Waals surface area contributed by atoms with Gasteiger partial charge in [0.15, 0.2) is 5.75 Å². The molecule has 3 nitrogen and oxygen atoms in total. The minimum atomic E-state index is -0.272. The van der Waals surface area contributed by atoms with Crippen molar-refractivity contribution in [2.75, 3.05) is 0 Å². The number of aryl methyl sites for hydroxylation is 1. The Morgan fingerprint density at radius 3 is 2.88 bits per heavy atom. The molecule has 0 atom stereocenters. The summed E-state index contributed by atoms with van der Waals surface area (Å²) < 4.78 is 18.6. The second kappa shape index (κ2) is 4.93. The van der Waals surface area contributed by atoms with E-state index >= 15 is 0 Å². The molecular formula is C13H12FNO2. The maximum absolute atomic E-state index is 13.1. The van der Waals surface area contributed by atoms with Crippen LogP contribution in [0.2, 0.25) is 0 Å². The van der Waals surface area contributed by atoms with Crippen molar-refractivity contribution in [2.24, 2.45) is 0 Å². The number of pyridine rings is 1. The van der Waals surface area contributed by atoms with Crippen molar-refractivity contribution in [3.05, 3.63) is 53.6 Å². The van der Waals surface area contributed by atoms with E-state index in [-0.39, 0.29) is 12.4 Å². The quantitative estimate of drug-likeness (QED) is 0.886. The molecule has 0 saturated carbocycles. The standard InChI is InChI=1S/C13H12FNO2/c1-9-6-11(2-3-12(9)14)17-13-7-15-5-4-10(13)8-16/h2-7,16H,8H2,1H3. The first-order valence-corrected chi connectivity index (χ1v) is 5.18. The van der Waals surface area contributed by atoms with E-state index in [4.69, 9.17) is 9.84 Å². The molecule has 0 aliphatic heterocycles. The Bertz CT molecular complexity index is 529. The summed E-state index contributed by atoms with van der Waals surface area (Å²) in [6.07, 6.45) is 3.10. The number of hydrogen-bond acceptors (Lipinski definition) is 3. The molecule has 2 rings (SSSR count). The molecule has 1 N–H and O–H groups in total. The number of aromatic nitrogens is 1. The third kappa shape index (κ3) is 2.60. The molecule has 0 aliphatic rings. The van der Waals surface area contributed by atoms with Gasteiger partial charge in [-0.25, -0.2) is 4.39 Å². The highest BCUT2D eigenvalue weighted by molar-refractivity contribution is 5.36. The summed E-state index contributed by atoms with van der Waals surface area (Å²) in [4.78, 5) is 3.92. The summed E-state index contributed by atoms with van der Waals surface area (Å²) in [6.45, 7) is 1.54. The molecule has 0 aliphatic carbocycles. The fourth-order valence-corrected chi connectivity index (χ4v) is 1.44. The number of aliphatic hydroxyl groups excluding tert-OH is 1. The average molecular weight is 233 g/mol. The fourth-order valence-electron chi connectivity index (χ4n) is 1.44. The SMILES string of the molecule is Cc1cc(Oc2cnccc2CO)ccc1F. The molecule has 0 saturated heterocycles. The first-order chi connectivity index (χ1) is 8.20. The summed E-state index contributed by atoms with van der Waals surface area (Å²) in [5.74, 6) is 0.721. The highest BCUT2D eigenvalue weighted by atomic mass is 19.1. The molecular weight excluding hydrogens is 221 g/mol. The average Bonchev–Trinajstić information content (AvgIpc) is 2.34. The lowest BCUT2D eigenvalue weighted by Gasteiger charge is -2.09. The first kappa shape index (κ1) is 11.5. The van der Waals surface area contributed by atoms with Crippen molar-refractivity contribution < 1.29 is 14.2 Å². The highest BCUT2D eigenvalue weighted by Crippen LogP contribution is 2.25. The van der Waals surface area contributed by atoms with Crippen LogP contribution in [0, 0.1) is 12.7 Å². The predicted molar refractivity (Wildman–Crippen MR) is 61.4 cm³/mol. The van der Waals surface area contributed by atoms with Gasteiger partial charge in [-0.05, 0) is 36.8 Å². The summed E-state index contributed by atoms with van der Waals surface area (Å²) in [5, 5.41) is 9.13. The van der Waals surface area contributed by atoms with Gasteiger partial charge in [-0.2, -0.15) is 0 Å². The van der Waals surface area contributed by atoms with Gasteiger partial charge < -0.3 is 9.84 Å². The van der Waals surface area contributed by atoms with Crippen LogP contribution in [0.3, 0.4) is 0 Å². The molecule has 0 bridgehead atoms. The summed E-state index contributed by atoms with van der Waals surface area (Å²) in [6, 6.07) is 6.16. The molecule has 0 amide bonds. The van der Waals surface area contributed by atoms with Crippen molar-refractivity contribution in [3.8, 4) is 11.5 Å². The zero-order chi connectivity index (χ0) is 12.3. The zero-order valence-electron chi connectivity index (χ0n) is 9.35. The largest absolute Gasteiger partial charge is 0.455 e. The van der Waals surface area contributed by atoms with Crippen LogP contribution in [0.5, 0.6) is 11.5 Å². The molecule has 4 heteroatoms. The van der Waals surface area contributed by atoms with Crippen LogP contribution in [0.4, 0.5) is 4.39 Å². The molecule has 1 heterocycles. The number of ether oxygens (including phenoxy) is 1. The lowest BCUT2D eigenvalue weighted by molar-refractivity contribution is 0.276. The minimum absolute atomic E-state index is 0.127. The third-order valence-electron chi connectivity index (χ3n) is 2.40. The number of benzene rings is 1. The van der Waals surface area contributed by atoms with E-state index in [0.717, 1.165) is 0 Å². The van der Waals surface area contributed by atoms with Gasteiger partial charge in [-0.3, -0.25) is 4.98 Å². The van der Waals surface area contributed by atoms with E-state index in [1.807, 2.05) is 0 Å². The molecule has 1 aromatic heterocycles. The van der Waals surface area contributed by atoms with E-state index in [1.165, 1.54) is 18.3 Å². The molecule has 0 radical (unpaired) electrons. The van der Waals surface area contributed by atoms with Crippen molar-refractivity contribution in [3.63, 3.8) is 0 Å². The third-order valence-corrected chi connectivity index (χ3v) is 2.40. The van der Waals surface area contributed by atoms with Crippen LogP contribution in [0.1, 0.15) is 11.1 Å². The van der Waals surface area contributed by atoms with Crippen LogP contribution in [-0.2, 0) is 6.61 Å². The number of halogens is 1. The van der Waals surface area contributed by atoms with E-state index in [9.17, 15) is 4.39 Å². The number of rotatable bonds is 3. The van der Waals surface area contributed by atoms with Gasteiger partial charge in [0, 0.05) is 11.8 Å². The van der Waals surface area contributed by atoms with Gasteiger partial charge in [0.25, 0.3) is 0 Å². The van der Waals surface area contributed by atoms with Gasteiger partial charge >= 0.3 is 0 Å². The molecule has 1 aromatic carbocycles. The Kier molecular flexibility index (Phi) is 3.35. The maximum atomic E-state index is 13.1. The lowest BCUT2D eigenvalue weighted by atomic mass is 10.2. The second-order valence-corrected chi connectivity index (χ2v) is 3.65. The van der Waals surface area contributed by atoms with Crippen LogP contribution in [-0.4, -0.2) is 10.1 Å². The van der Waals surface area contributed by atoms with Crippen molar-refractivity contribution in [2.45, 2.75) is 13.5 Å². The highest BCUT2D eigenvalue weighted by Gasteiger charge is 2.05. The Morgan fingerprint density at radius 2 is 2.18 bits per heavy atom. The van der Waals surface area contributed by atoms with Crippen molar-refractivity contribution in [1.82, 2.24) is 4.98 Å². The van der Waals surface area contributed by atoms with Crippen LogP contribution in [0.25, 0.3) is 0 Å². The van der Waals surface area contributed by atoms with E-state index in [0.29, 0.717) is 22.6 Å². The van der Waals surface area contributed by atoms with Crippen molar-refractivity contribution in [1.29, 1.82) is 0 Å². The van der Waals surface area contributed by atoms with E-state index in [2.05, 4.69) is 4.98 Å². The summed E-state index contributed by atoms with van der Waals surface area (Å²) >= 11 is 0. The monoisotopic (exact) mass is 233 g/mol. The molecule has 17 heavy (non-hydrogen) atoms. The Hall–Kier alpha value is -1.94. The normalized spacial score (nSPS) is 10.3. The van der Waals surface area contributed by atoms with Crippen LogP contribution in [0.15, 0.2) is 36.7 Å². The number of nitrogens with zero attached hydrogens (tertiary/aromatic N) is 1. The minimum Gasteiger partial charge on any atom is -0.455 e. The zero-order valence-corrected chi connectivity index (χ0v) is 9.35. The first-order valence-electron chi connectivity index (χ1n) is 5.18. The van der Waals surface area contributed by atoms with Gasteiger partial charge in [0.05, 0.1) is 12.8 Å². The smallest absolute Gasteiger partial charge is 0.151 e. The van der Waals surface area contributed by atoms with Crippen molar-refractivity contribution >= 4 is 0 Å². The molecule has 0 unspecified atom stereocenters. The van der Waals surface area contributed by atoms with Gasteiger partial charge in [-0.15, -0.1) is 0 Å². The molecule has 88 valence electrons. The van der Waals surface area contributed by atoms with Gasteiger partial charge in [0.2, 0.25) is 0 Å². The van der Waals surface area contributed by atoms with Gasteiger partial charge in [0.1, 0.15) is 11.6 Å². The van der Waals surface area contributed by atoms with Crippen LogP contribution >= 0.6 is 0 Å². The Balaban J connectivity index is 2.28. The summed E-state index contributed by atoms with van der Waals surface area (Å²) in [5.41, 5.74) is 1.15. The summed E-state index contributed by atoms with van der Waals surface area (Å²) in [7, 11) is 0. The van der Waals surface area contributed by atoms with Gasteiger partial charge in [-0.1, -0.05) is 0 Å².